The summed E-state index contributed by atoms with van der Waals surface area (Å²) in [4.78, 5) is 2.33. The summed E-state index contributed by atoms with van der Waals surface area (Å²) in [6.45, 7) is 0.778. The van der Waals surface area contributed by atoms with E-state index in [1.807, 2.05) is 0 Å². The zero-order valence-corrected chi connectivity index (χ0v) is 25.2. The average molecular weight is 591 g/mol. The number of hydrogen-bond donors (Lipinski definition) is 1. The lowest BCUT2D eigenvalue weighted by Gasteiger charge is -2.26. The van der Waals surface area contributed by atoms with Crippen LogP contribution < -0.4 is 10.2 Å². The van der Waals surface area contributed by atoms with Gasteiger partial charge in [-0.1, -0.05) is 127 Å². The maximum absolute atomic E-state index is 6.70. The standard InChI is InChI=1S/C43H30N2O/c1-2-10-29(11-3-1)30-19-23-34(24-20-30)45(35-25-21-32(22-26-35)37-17-8-14-31-12-4-6-15-36(31)37)39-28-33-13-5-7-16-38(33)41-42-40(46-43(39)41)18-9-27-44-42/h1-26,28,44H,27H2. The number of fused-ring (bicyclic) bond motifs is 6. The molecule has 0 bridgehead atoms. The second kappa shape index (κ2) is 10.8. The minimum Gasteiger partial charge on any atom is -0.452 e. The summed E-state index contributed by atoms with van der Waals surface area (Å²) in [6.07, 6.45) is 4.20. The smallest absolute Gasteiger partial charge is 0.161 e. The molecule has 0 radical (unpaired) electrons. The van der Waals surface area contributed by atoms with Gasteiger partial charge in [0.05, 0.1) is 16.8 Å². The molecular weight excluding hydrogens is 560 g/mol. The number of nitrogens with zero attached hydrogens (tertiary/aromatic N) is 1. The van der Waals surface area contributed by atoms with E-state index in [1.165, 1.54) is 43.8 Å². The fraction of sp³-hybridized carbons (Fsp3) is 0.0233. The molecule has 0 saturated heterocycles. The lowest BCUT2D eigenvalue weighted by molar-refractivity contribution is 0.604. The van der Waals surface area contributed by atoms with Crippen LogP contribution in [0.15, 0.2) is 162 Å². The molecule has 1 aliphatic heterocycles. The Balaban J connectivity index is 1.25. The van der Waals surface area contributed by atoms with Crippen LogP contribution in [-0.2, 0) is 0 Å². The fourth-order valence-corrected chi connectivity index (χ4v) is 6.86. The third-order valence-electron chi connectivity index (χ3n) is 9.06. The number of hydrogen-bond acceptors (Lipinski definition) is 3. The van der Waals surface area contributed by atoms with Crippen LogP contribution in [0.4, 0.5) is 22.7 Å². The van der Waals surface area contributed by atoms with Gasteiger partial charge in [-0.2, -0.15) is 0 Å². The molecule has 1 aromatic heterocycles. The third-order valence-corrected chi connectivity index (χ3v) is 9.06. The summed E-state index contributed by atoms with van der Waals surface area (Å²) in [5.74, 6) is 0.865. The van der Waals surface area contributed by atoms with Gasteiger partial charge in [-0.3, -0.25) is 0 Å². The summed E-state index contributed by atoms with van der Waals surface area (Å²) in [5.41, 5.74) is 9.85. The molecule has 7 aromatic carbocycles. The van der Waals surface area contributed by atoms with Gasteiger partial charge in [0.25, 0.3) is 0 Å². The summed E-state index contributed by atoms with van der Waals surface area (Å²) in [6, 6.07) is 54.2. The van der Waals surface area contributed by atoms with Crippen molar-refractivity contribution < 1.29 is 4.42 Å². The van der Waals surface area contributed by atoms with Crippen molar-refractivity contribution in [2.24, 2.45) is 0 Å². The molecule has 46 heavy (non-hydrogen) atoms. The molecule has 3 nitrogen and oxygen atoms in total. The molecule has 3 heteroatoms. The van der Waals surface area contributed by atoms with Crippen molar-refractivity contribution in [3.8, 4) is 22.3 Å². The van der Waals surface area contributed by atoms with Crippen molar-refractivity contribution in [1.29, 1.82) is 0 Å². The highest BCUT2D eigenvalue weighted by Crippen LogP contribution is 2.47. The first-order chi connectivity index (χ1) is 22.8. The average Bonchev–Trinajstić information content (AvgIpc) is 3.53. The van der Waals surface area contributed by atoms with E-state index in [-0.39, 0.29) is 0 Å². The molecule has 0 amide bonds. The van der Waals surface area contributed by atoms with Crippen LogP contribution >= 0.6 is 0 Å². The normalized spacial score (nSPS) is 12.3. The molecule has 1 N–H and O–H groups in total. The Morgan fingerprint density at radius 3 is 1.96 bits per heavy atom. The monoisotopic (exact) mass is 590 g/mol. The number of nitrogens with one attached hydrogen (secondary N) is 1. The van der Waals surface area contributed by atoms with Crippen molar-refractivity contribution in [1.82, 2.24) is 0 Å². The summed E-state index contributed by atoms with van der Waals surface area (Å²) < 4.78 is 6.70. The highest BCUT2D eigenvalue weighted by atomic mass is 16.3. The lowest BCUT2D eigenvalue weighted by Crippen LogP contribution is -2.10. The van der Waals surface area contributed by atoms with E-state index >= 15 is 0 Å². The molecular formula is C43H30N2O. The first-order valence-corrected chi connectivity index (χ1v) is 15.7. The van der Waals surface area contributed by atoms with Crippen molar-refractivity contribution in [3.05, 3.63) is 163 Å². The zero-order chi connectivity index (χ0) is 30.5. The van der Waals surface area contributed by atoms with E-state index in [2.05, 4.69) is 174 Å². The predicted octanol–water partition coefficient (Wildman–Crippen LogP) is 12.0. The Bertz CT molecular complexity index is 2400. The second-order valence-electron chi connectivity index (χ2n) is 11.8. The molecule has 0 unspecified atom stereocenters. The second-order valence-corrected chi connectivity index (χ2v) is 11.8. The summed E-state index contributed by atoms with van der Waals surface area (Å²) in [5, 5.41) is 9.55. The fourth-order valence-electron chi connectivity index (χ4n) is 6.86. The molecule has 8 aromatic rings. The molecule has 0 atom stereocenters. The topological polar surface area (TPSA) is 28.4 Å². The minimum absolute atomic E-state index is 0.778. The van der Waals surface area contributed by atoms with Gasteiger partial charge in [-0.05, 0) is 80.2 Å². The number of benzene rings is 7. The molecule has 0 spiro atoms. The van der Waals surface area contributed by atoms with Crippen LogP contribution in [-0.4, -0.2) is 6.54 Å². The summed E-state index contributed by atoms with van der Waals surface area (Å²) >= 11 is 0. The van der Waals surface area contributed by atoms with Crippen LogP contribution in [0.3, 0.4) is 0 Å². The molecule has 0 aliphatic carbocycles. The Kier molecular flexibility index (Phi) is 6.20. The Hall–Kier alpha value is -6.06. The first kappa shape index (κ1) is 26.4. The highest BCUT2D eigenvalue weighted by Gasteiger charge is 2.24. The molecule has 0 fully saturated rings. The molecule has 2 heterocycles. The Labute approximate surface area is 267 Å². The van der Waals surface area contributed by atoms with Gasteiger partial charge in [-0.15, -0.1) is 0 Å². The maximum atomic E-state index is 6.70. The molecule has 1 aliphatic rings. The van der Waals surface area contributed by atoms with E-state index in [4.69, 9.17) is 4.42 Å². The number of rotatable bonds is 5. The van der Waals surface area contributed by atoms with Gasteiger partial charge < -0.3 is 14.6 Å². The molecule has 9 rings (SSSR count). The van der Waals surface area contributed by atoms with Crippen LogP contribution in [0.5, 0.6) is 0 Å². The lowest BCUT2D eigenvalue weighted by atomic mass is 9.97. The Morgan fingerprint density at radius 1 is 0.543 bits per heavy atom. The van der Waals surface area contributed by atoms with Gasteiger partial charge in [0.2, 0.25) is 0 Å². The zero-order valence-electron chi connectivity index (χ0n) is 25.2. The minimum atomic E-state index is 0.778. The van der Waals surface area contributed by atoms with Gasteiger partial charge in [0.15, 0.2) is 11.3 Å². The van der Waals surface area contributed by atoms with Crippen LogP contribution in [0, 0.1) is 0 Å². The number of anilines is 4. The van der Waals surface area contributed by atoms with Crippen molar-refractivity contribution >= 4 is 61.3 Å². The van der Waals surface area contributed by atoms with E-state index < -0.39 is 0 Å². The van der Waals surface area contributed by atoms with E-state index in [1.54, 1.807) is 0 Å². The van der Waals surface area contributed by atoms with Crippen LogP contribution in [0.25, 0.3) is 60.8 Å². The highest BCUT2D eigenvalue weighted by molar-refractivity contribution is 6.19. The number of furan rings is 1. The molecule has 0 saturated carbocycles. The quantitative estimate of drug-likeness (QED) is 0.216. The van der Waals surface area contributed by atoms with Crippen molar-refractivity contribution in [2.45, 2.75) is 0 Å². The first-order valence-electron chi connectivity index (χ1n) is 15.7. The molecule has 218 valence electrons. The summed E-state index contributed by atoms with van der Waals surface area (Å²) in [7, 11) is 0. The van der Waals surface area contributed by atoms with Gasteiger partial charge in [0.1, 0.15) is 0 Å². The van der Waals surface area contributed by atoms with Crippen LogP contribution in [0.1, 0.15) is 5.76 Å². The van der Waals surface area contributed by atoms with Gasteiger partial charge in [0, 0.05) is 17.9 Å². The Morgan fingerprint density at radius 2 is 1.17 bits per heavy atom. The largest absolute Gasteiger partial charge is 0.452 e. The van der Waals surface area contributed by atoms with Crippen LogP contribution in [0.2, 0.25) is 0 Å². The van der Waals surface area contributed by atoms with Crippen molar-refractivity contribution in [2.75, 3.05) is 16.8 Å². The third kappa shape index (κ3) is 4.36. The van der Waals surface area contributed by atoms with E-state index in [0.717, 1.165) is 46.0 Å². The van der Waals surface area contributed by atoms with Gasteiger partial charge >= 0.3 is 0 Å². The van der Waals surface area contributed by atoms with E-state index in [0.29, 0.717) is 0 Å². The predicted molar refractivity (Wildman–Crippen MR) is 194 cm³/mol. The van der Waals surface area contributed by atoms with Gasteiger partial charge in [-0.25, -0.2) is 0 Å². The maximum Gasteiger partial charge on any atom is 0.161 e. The SMILES string of the molecule is C1=Cc2oc3c(N(c4ccc(-c5ccccc5)cc4)c4ccc(-c5cccc6ccccc56)cc4)cc4ccccc4c3c2NC1. The van der Waals surface area contributed by atoms with Crippen molar-refractivity contribution in [3.63, 3.8) is 0 Å². The van der Waals surface area contributed by atoms with E-state index in [9.17, 15) is 0 Å².